The molecule has 1 saturated carbocycles. The standard InChI is InChI=1S/C17H25NO3/c19-16-11-9-15(10-12-16)18-17(20)21-13-5-4-8-14-6-2-1-3-7-14/h1-3,6-7,15-16,19H,4-5,8-13H2,(H,18,20). The highest BCUT2D eigenvalue weighted by atomic mass is 16.5. The zero-order chi connectivity index (χ0) is 14.9. The average Bonchev–Trinajstić information content (AvgIpc) is 2.50. The maximum atomic E-state index is 11.6. The van der Waals surface area contributed by atoms with Crippen molar-refractivity contribution < 1.29 is 14.6 Å². The van der Waals surface area contributed by atoms with Gasteiger partial charge in [-0.2, -0.15) is 0 Å². The summed E-state index contributed by atoms with van der Waals surface area (Å²) in [4.78, 5) is 11.6. The van der Waals surface area contributed by atoms with Crippen LogP contribution in [0.15, 0.2) is 30.3 Å². The number of amides is 1. The van der Waals surface area contributed by atoms with E-state index in [1.54, 1.807) is 0 Å². The van der Waals surface area contributed by atoms with Gasteiger partial charge in [0.15, 0.2) is 0 Å². The summed E-state index contributed by atoms with van der Waals surface area (Å²) in [6, 6.07) is 10.5. The minimum Gasteiger partial charge on any atom is -0.450 e. The fourth-order valence-corrected chi connectivity index (χ4v) is 2.67. The molecule has 0 spiro atoms. The largest absolute Gasteiger partial charge is 0.450 e. The van der Waals surface area contributed by atoms with Crippen LogP contribution < -0.4 is 5.32 Å². The number of benzene rings is 1. The normalized spacial score (nSPS) is 21.8. The highest BCUT2D eigenvalue weighted by Gasteiger charge is 2.20. The number of carbonyl (C=O) groups is 1. The van der Waals surface area contributed by atoms with Crippen LogP contribution >= 0.6 is 0 Å². The molecule has 4 nitrogen and oxygen atoms in total. The van der Waals surface area contributed by atoms with Gasteiger partial charge in [-0.05, 0) is 50.5 Å². The second-order valence-electron chi connectivity index (χ2n) is 5.73. The Labute approximate surface area is 126 Å². The van der Waals surface area contributed by atoms with E-state index < -0.39 is 0 Å². The quantitative estimate of drug-likeness (QED) is 0.792. The zero-order valence-corrected chi connectivity index (χ0v) is 12.5. The second kappa shape index (κ2) is 8.67. The predicted molar refractivity (Wildman–Crippen MR) is 82.1 cm³/mol. The van der Waals surface area contributed by atoms with E-state index in [9.17, 15) is 9.90 Å². The van der Waals surface area contributed by atoms with Crippen LogP contribution in [0.2, 0.25) is 0 Å². The molecule has 0 aliphatic heterocycles. The van der Waals surface area contributed by atoms with Gasteiger partial charge in [0.2, 0.25) is 0 Å². The lowest BCUT2D eigenvalue weighted by atomic mass is 9.93. The molecule has 0 unspecified atom stereocenters. The number of unbranched alkanes of at least 4 members (excludes halogenated alkanes) is 1. The first kappa shape index (κ1) is 15.8. The molecule has 1 aliphatic rings. The van der Waals surface area contributed by atoms with Crippen LogP contribution in [0.1, 0.15) is 44.1 Å². The molecule has 0 radical (unpaired) electrons. The molecule has 1 aromatic carbocycles. The smallest absolute Gasteiger partial charge is 0.407 e. The van der Waals surface area contributed by atoms with Crippen molar-refractivity contribution in [1.82, 2.24) is 5.32 Å². The first-order chi connectivity index (χ1) is 10.2. The topological polar surface area (TPSA) is 58.6 Å². The summed E-state index contributed by atoms with van der Waals surface area (Å²) in [5.74, 6) is 0. The lowest BCUT2D eigenvalue weighted by molar-refractivity contribution is 0.106. The number of nitrogens with one attached hydrogen (secondary N) is 1. The molecule has 2 rings (SSSR count). The summed E-state index contributed by atoms with van der Waals surface area (Å²) in [5, 5.41) is 12.3. The molecule has 1 amide bonds. The van der Waals surface area contributed by atoms with Gasteiger partial charge in [-0.15, -0.1) is 0 Å². The lowest BCUT2D eigenvalue weighted by Gasteiger charge is -2.25. The Hall–Kier alpha value is -1.55. The maximum Gasteiger partial charge on any atom is 0.407 e. The second-order valence-corrected chi connectivity index (χ2v) is 5.73. The molecule has 1 fully saturated rings. The zero-order valence-electron chi connectivity index (χ0n) is 12.5. The van der Waals surface area contributed by atoms with Gasteiger partial charge in [-0.1, -0.05) is 30.3 Å². The Morgan fingerprint density at radius 2 is 1.86 bits per heavy atom. The third kappa shape index (κ3) is 6.17. The summed E-state index contributed by atoms with van der Waals surface area (Å²) in [5.41, 5.74) is 1.32. The number of aryl methyl sites for hydroxylation is 1. The number of ether oxygens (including phenoxy) is 1. The summed E-state index contributed by atoms with van der Waals surface area (Å²) in [7, 11) is 0. The fraction of sp³-hybridized carbons (Fsp3) is 0.588. The third-order valence-electron chi connectivity index (χ3n) is 3.95. The Bertz CT molecular complexity index is 413. The van der Waals surface area contributed by atoms with Crippen LogP contribution in [0.4, 0.5) is 4.79 Å². The van der Waals surface area contributed by atoms with E-state index in [0.29, 0.717) is 6.61 Å². The van der Waals surface area contributed by atoms with E-state index in [2.05, 4.69) is 17.4 Å². The summed E-state index contributed by atoms with van der Waals surface area (Å²) in [6.07, 6.45) is 5.61. The average molecular weight is 291 g/mol. The van der Waals surface area contributed by atoms with Gasteiger partial charge in [-0.25, -0.2) is 4.79 Å². The molecule has 0 bridgehead atoms. The molecule has 0 atom stereocenters. The van der Waals surface area contributed by atoms with Crippen molar-refractivity contribution in [2.75, 3.05) is 6.61 Å². The SMILES string of the molecule is O=C(NC1CCC(O)CC1)OCCCCc1ccccc1. The molecule has 1 aliphatic carbocycles. The van der Waals surface area contributed by atoms with Crippen LogP contribution in [-0.4, -0.2) is 30.0 Å². The molecule has 4 heteroatoms. The van der Waals surface area contributed by atoms with Crippen molar-refractivity contribution in [2.45, 2.75) is 57.1 Å². The highest BCUT2D eigenvalue weighted by molar-refractivity contribution is 5.67. The number of aliphatic hydroxyl groups is 1. The number of alkyl carbamates (subject to hydrolysis) is 1. The summed E-state index contributed by atoms with van der Waals surface area (Å²) < 4.78 is 5.20. The van der Waals surface area contributed by atoms with Gasteiger partial charge in [-0.3, -0.25) is 0 Å². The molecule has 0 heterocycles. The van der Waals surface area contributed by atoms with Crippen LogP contribution in [0.25, 0.3) is 0 Å². The molecule has 116 valence electrons. The number of carbonyl (C=O) groups excluding carboxylic acids is 1. The maximum absolute atomic E-state index is 11.6. The van der Waals surface area contributed by atoms with Crippen LogP contribution in [0, 0.1) is 0 Å². The van der Waals surface area contributed by atoms with E-state index in [4.69, 9.17) is 4.74 Å². The van der Waals surface area contributed by atoms with Gasteiger partial charge in [0.1, 0.15) is 0 Å². The minimum absolute atomic E-state index is 0.158. The first-order valence-electron chi connectivity index (χ1n) is 7.89. The fourth-order valence-electron chi connectivity index (χ4n) is 2.67. The van der Waals surface area contributed by atoms with E-state index >= 15 is 0 Å². The number of hydrogen-bond acceptors (Lipinski definition) is 3. The van der Waals surface area contributed by atoms with E-state index in [0.717, 1.165) is 44.9 Å². The molecule has 2 N–H and O–H groups in total. The van der Waals surface area contributed by atoms with Crippen molar-refractivity contribution in [3.05, 3.63) is 35.9 Å². The van der Waals surface area contributed by atoms with E-state index in [-0.39, 0.29) is 18.2 Å². The van der Waals surface area contributed by atoms with Crippen molar-refractivity contribution >= 4 is 6.09 Å². The summed E-state index contributed by atoms with van der Waals surface area (Å²) >= 11 is 0. The van der Waals surface area contributed by atoms with Crippen molar-refractivity contribution in [1.29, 1.82) is 0 Å². The van der Waals surface area contributed by atoms with Gasteiger partial charge in [0.25, 0.3) is 0 Å². The van der Waals surface area contributed by atoms with Gasteiger partial charge < -0.3 is 15.2 Å². The Kier molecular flexibility index (Phi) is 6.54. The monoisotopic (exact) mass is 291 g/mol. The number of aliphatic hydroxyl groups excluding tert-OH is 1. The third-order valence-corrected chi connectivity index (χ3v) is 3.95. The predicted octanol–water partition coefficient (Wildman–Crippen LogP) is 3.04. The van der Waals surface area contributed by atoms with Crippen molar-refractivity contribution in [3.63, 3.8) is 0 Å². The Morgan fingerprint density at radius 1 is 1.14 bits per heavy atom. The van der Waals surface area contributed by atoms with Crippen molar-refractivity contribution in [2.24, 2.45) is 0 Å². The van der Waals surface area contributed by atoms with Crippen LogP contribution in [0.5, 0.6) is 0 Å². The van der Waals surface area contributed by atoms with E-state index in [1.165, 1.54) is 5.56 Å². The van der Waals surface area contributed by atoms with Gasteiger partial charge in [0.05, 0.1) is 12.7 Å². The molecular weight excluding hydrogens is 266 g/mol. The van der Waals surface area contributed by atoms with E-state index in [1.807, 2.05) is 18.2 Å². The summed E-state index contributed by atoms with van der Waals surface area (Å²) in [6.45, 7) is 0.466. The Balaban J connectivity index is 1.51. The molecule has 1 aromatic rings. The lowest BCUT2D eigenvalue weighted by Crippen LogP contribution is -2.39. The van der Waals surface area contributed by atoms with Gasteiger partial charge in [0, 0.05) is 6.04 Å². The van der Waals surface area contributed by atoms with Crippen LogP contribution in [-0.2, 0) is 11.2 Å². The molecular formula is C17H25NO3. The van der Waals surface area contributed by atoms with Crippen molar-refractivity contribution in [3.8, 4) is 0 Å². The van der Waals surface area contributed by atoms with Gasteiger partial charge >= 0.3 is 6.09 Å². The Morgan fingerprint density at radius 3 is 2.57 bits per heavy atom. The molecule has 21 heavy (non-hydrogen) atoms. The molecule has 0 aromatic heterocycles. The molecule has 0 saturated heterocycles. The first-order valence-corrected chi connectivity index (χ1v) is 7.89. The highest BCUT2D eigenvalue weighted by Crippen LogP contribution is 2.18. The minimum atomic E-state index is -0.323. The van der Waals surface area contributed by atoms with Crippen LogP contribution in [0.3, 0.4) is 0 Å². The number of rotatable bonds is 6. The number of hydrogen-bond donors (Lipinski definition) is 2.